The van der Waals surface area contributed by atoms with Gasteiger partial charge in [0.25, 0.3) is 0 Å². The minimum absolute atomic E-state index is 0.143. The number of nitrogens with one attached hydrogen (secondary N) is 1. The Bertz CT molecular complexity index is 618. The van der Waals surface area contributed by atoms with E-state index in [-0.39, 0.29) is 11.4 Å². The standard InChI is InChI=1S/C14H18FNO4S/c1-14(2,3)20-13(17)16-10-9-12(15)21(18,19)11-7-5-4-6-8-11/h4-9H,10H2,1-3H3,(H,16,17)/b12-9+. The molecule has 21 heavy (non-hydrogen) atoms. The van der Waals surface area contributed by atoms with Gasteiger partial charge in [0, 0.05) is 6.54 Å². The van der Waals surface area contributed by atoms with E-state index >= 15 is 0 Å². The summed E-state index contributed by atoms with van der Waals surface area (Å²) in [5.74, 6) is 0. The summed E-state index contributed by atoms with van der Waals surface area (Å²) >= 11 is 0. The molecule has 0 saturated heterocycles. The molecule has 1 rings (SSSR count). The van der Waals surface area contributed by atoms with Gasteiger partial charge in [0.1, 0.15) is 5.60 Å². The van der Waals surface area contributed by atoms with Crippen LogP contribution in [0, 0.1) is 0 Å². The highest BCUT2D eigenvalue weighted by Crippen LogP contribution is 2.19. The van der Waals surface area contributed by atoms with Gasteiger partial charge in [0.2, 0.25) is 15.0 Å². The highest BCUT2D eigenvalue weighted by Gasteiger charge is 2.20. The highest BCUT2D eigenvalue weighted by molar-refractivity contribution is 7.95. The Morgan fingerprint density at radius 2 is 1.86 bits per heavy atom. The summed E-state index contributed by atoms with van der Waals surface area (Å²) in [6, 6.07) is 7.22. The van der Waals surface area contributed by atoms with Crippen LogP contribution < -0.4 is 5.32 Å². The lowest BCUT2D eigenvalue weighted by atomic mass is 10.2. The van der Waals surface area contributed by atoms with E-state index in [9.17, 15) is 17.6 Å². The van der Waals surface area contributed by atoms with Crippen LogP contribution in [0.3, 0.4) is 0 Å². The fourth-order valence-electron chi connectivity index (χ4n) is 1.35. The van der Waals surface area contributed by atoms with Gasteiger partial charge in [-0.25, -0.2) is 13.2 Å². The molecule has 1 N–H and O–H groups in total. The summed E-state index contributed by atoms with van der Waals surface area (Å²) in [6.45, 7) is 4.77. The van der Waals surface area contributed by atoms with Crippen LogP contribution in [0.2, 0.25) is 0 Å². The van der Waals surface area contributed by atoms with Crippen LogP contribution in [0.4, 0.5) is 9.18 Å². The summed E-state index contributed by atoms with van der Waals surface area (Å²) in [7, 11) is -4.17. The fraction of sp³-hybridized carbons (Fsp3) is 0.357. The lowest BCUT2D eigenvalue weighted by Crippen LogP contribution is -2.32. The number of hydrogen-bond acceptors (Lipinski definition) is 4. The van der Waals surface area contributed by atoms with Crippen molar-refractivity contribution in [2.24, 2.45) is 0 Å². The number of alkyl carbamates (subject to hydrolysis) is 1. The molecule has 116 valence electrons. The predicted octanol–water partition coefficient (Wildman–Crippen LogP) is 2.80. The van der Waals surface area contributed by atoms with Gasteiger partial charge in [-0.05, 0) is 39.0 Å². The molecule has 0 aliphatic heterocycles. The van der Waals surface area contributed by atoms with Crippen LogP contribution in [0.25, 0.3) is 0 Å². The first-order chi connectivity index (χ1) is 9.63. The number of halogens is 1. The van der Waals surface area contributed by atoms with Gasteiger partial charge in [-0.3, -0.25) is 0 Å². The van der Waals surface area contributed by atoms with E-state index in [0.29, 0.717) is 0 Å². The Morgan fingerprint density at radius 1 is 1.29 bits per heavy atom. The first-order valence-electron chi connectivity index (χ1n) is 6.25. The van der Waals surface area contributed by atoms with Crippen molar-refractivity contribution in [2.75, 3.05) is 6.54 Å². The first kappa shape index (κ1) is 17.2. The molecule has 0 fully saturated rings. The zero-order chi connectivity index (χ0) is 16.1. The van der Waals surface area contributed by atoms with E-state index in [4.69, 9.17) is 4.74 Å². The maximum absolute atomic E-state index is 13.7. The second-order valence-corrected chi connectivity index (χ2v) is 7.08. The average molecular weight is 315 g/mol. The molecule has 0 unspecified atom stereocenters. The summed E-state index contributed by atoms with van der Waals surface area (Å²) < 4.78 is 42.4. The van der Waals surface area contributed by atoms with Crippen LogP contribution in [-0.2, 0) is 14.6 Å². The fourth-order valence-corrected chi connectivity index (χ4v) is 2.39. The van der Waals surface area contributed by atoms with Gasteiger partial charge in [0.05, 0.1) is 4.90 Å². The van der Waals surface area contributed by atoms with Crippen molar-refractivity contribution < 1.29 is 22.3 Å². The molecule has 0 atom stereocenters. The van der Waals surface area contributed by atoms with E-state index in [0.717, 1.165) is 6.08 Å². The van der Waals surface area contributed by atoms with Gasteiger partial charge in [-0.2, -0.15) is 4.39 Å². The van der Waals surface area contributed by atoms with Crippen molar-refractivity contribution in [3.05, 3.63) is 41.6 Å². The molecule has 5 nitrogen and oxygen atoms in total. The molecule has 1 amide bonds. The normalized spacial score (nSPS) is 12.9. The molecule has 0 aromatic heterocycles. The second kappa shape index (κ2) is 6.71. The lowest BCUT2D eigenvalue weighted by molar-refractivity contribution is 0.0534. The number of amides is 1. The molecular weight excluding hydrogens is 297 g/mol. The van der Waals surface area contributed by atoms with Gasteiger partial charge in [0.15, 0.2) is 0 Å². The van der Waals surface area contributed by atoms with Gasteiger partial charge in [-0.15, -0.1) is 0 Å². The molecule has 0 heterocycles. The molecule has 0 bridgehead atoms. The summed E-state index contributed by atoms with van der Waals surface area (Å²) in [6.07, 6.45) is 0.0374. The van der Waals surface area contributed by atoms with Gasteiger partial charge >= 0.3 is 6.09 Å². The second-order valence-electron chi connectivity index (χ2n) is 5.21. The Morgan fingerprint density at radius 3 is 2.38 bits per heavy atom. The number of rotatable bonds is 4. The van der Waals surface area contributed by atoms with E-state index in [1.54, 1.807) is 26.8 Å². The van der Waals surface area contributed by atoms with E-state index < -0.39 is 26.7 Å². The van der Waals surface area contributed by atoms with Crippen LogP contribution in [-0.4, -0.2) is 26.7 Å². The van der Waals surface area contributed by atoms with Gasteiger partial charge in [-0.1, -0.05) is 18.2 Å². The molecule has 0 aliphatic rings. The highest BCUT2D eigenvalue weighted by atomic mass is 32.2. The van der Waals surface area contributed by atoms with Crippen LogP contribution in [0.15, 0.2) is 46.5 Å². The number of carbonyl (C=O) groups is 1. The lowest BCUT2D eigenvalue weighted by Gasteiger charge is -2.19. The van der Waals surface area contributed by atoms with Crippen LogP contribution >= 0.6 is 0 Å². The SMILES string of the molecule is CC(C)(C)OC(=O)NC/C=C(\F)S(=O)(=O)c1ccccc1. The number of sulfone groups is 1. The molecular formula is C14H18FNO4S. The summed E-state index contributed by atoms with van der Waals surface area (Å²) in [4.78, 5) is 11.2. The predicted molar refractivity (Wildman–Crippen MR) is 77.1 cm³/mol. The zero-order valence-corrected chi connectivity index (χ0v) is 12.9. The van der Waals surface area contributed by atoms with Gasteiger partial charge < -0.3 is 10.1 Å². The third-order valence-electron chi connectivity index (χ3n) is 2.22. The van der Waals surface area contributed by atoms with Crippen molar-refractivity contribution in [1.82, 2.24) is 5.32 Å². The Labute approximate surface area is 123 Å². The minimum atomic E-state index is -4.17. The third kappa shape index (κ3) is 5.55. The van der Waals surface area contributed by atoms with Crippen LogP contribution in [0.5, 0.6) is 0 Å². The molecule has 0 spiro atoms. The molecule has 7 heteroatoms. The number of carbonyl (C=O) groups excluding carboxylic acids is 1. The average Bonchev–Trinajstić information content (AvgIpc) is 2.37. The smallest absolute Gasteiger partial charge is 0.407 e. The molecule has 0 radical (unpaired) electrons. The quantitative estimate of drug-likeness (QED) is 0.927. The minimum Gasteiger partial charge on any atom is -0.444 e. The summed E-state index contributed by atoms with van der Waals surface area (Å²) in [5, 5.41) is 0.937. The monoisotopic (exact) mass is 315 g/mol. The Balaban J connectivity index is 2.67. The van der Waals surface area contributed by atoms with Crippen molar-refractivity contribution in [3.63, 3.8) is 0 Å². The van der Waals surface area contributed by atoms with E-state index in [1.807, 2.05) is 0 Å². The maximum atomic E-state index is 13.7. The molecule has 0 saturated carbocycles. The van der Waals surface area contributed by atoms with Crippen molar-refractivity contribution in [3.8, 4) is 0 Å². The van der Waals surface area contributed by atoms with Crippen LogP contribution in [0.1, 0.15) is 20.8 Å². The Kier molecular flexibility index (Phi) is 5.48. The number of benzene rings is 1. The number of hydrogen-bond donors (Lipinski definition) is 1. The molecule has 1 aromatic carbocycles. The first-order valence-corrected chi connectivity index (χ1v) is 7.74. The van der Waals surface area contributed by atoms with E-state index in [2.05, 4.69) is 5.32 Å². The van der Waals surface area contributed by atoms with Crippen molar-refractivity contribution in [2.45, 2.75) is 31.3 Å². The van der Waals surface area contributed by atoms with E-state index in [1.165, 1.54) is 24.3 Å². The molecule has 0 aliphatic carbocycles. The van der Waals surface area contributed by atoms with Crippen molar-refractivity contribution >= 4 is 15.9 Å². The zero-order valence-electron chi connectivity index (χ0n) is 12.1. The summed E-state index contributed by atoms with van der Waals surface area (Å²) in [5.41, 5.74) is -0.678. The number of ether oxygens (including phenoxy) is 1. The Hall–Kier alpha value is -1.89. The third-order valence-corrected chi connectivity index (χ3v) is 3.79. The topological polar surface area (TPSA) is 72.5 Å². The maximum Gasteiger partial charge on any atom is 0.407 e. The van der Waals surface area contributed by atoms with Crippen molar-refractivity contribution in [1.29, 1.82) is 0 Å². The molecule has 1 aromatic rings. The largest absolute Gasteiger partial charge is 0.444 e.